The summed E-state index contributed by atoms with van der Waals surface area (Å²) < 4.78 is 65.2. The van der Waals surface area contributed by atoms with Crippen LogP contribution < -0.4 is 11.5 Å². The zero-order valence-electron chi connectivity index (χ0n) is 20.9. The van der Waals surface area contributed by atoms with E-state index >= 15 is 0 Å². The quantitative estimate of drug-likeness (QED) is 0.0623. The minimum absolute atomic E-state index is 0.290. The molecule has 3 aromatic carbocycles. The van der Waals surface area contributed by atoms with Crippen molar-refractivity contribution in [3.05, 3.63) is 58.2 Å². The van der Waals surface area contributed by atoms with Crippen molar-refractivity contribution < 1.29 is 41.1 Å². The molecule has 41 heavy (non-hydrogen) atoms. The molecule has 0 saturated heterocycles. The van der Waals surface area contributed by atoms with Crippen molar-refractivity contribution in [1.29, 1.82) is 0 Å². The lowest BCUT2D eigenvalue weighted by atomic mass is 10.1. The molecule has 20 heteroatoms. The molecule has 0 aliphatic carbocycles. The Morgan fingerprint density at radius 1 is 0.878 bits per heavy atom. The standard InChI is InChI=1S/C16H12N4O10S2.C5H8N4/c17-10-6-9(31(25,26)27)3-7-4-13(32(28,29)30)15(16(22)14(7)10)19-18-11-5-8(20(23)24)1-2-12(11)21;1-3-7-4(2)9-5(6)8-3/h1-6,21-22H,17H2,(H,25,26,27)(H,28,29,30);1-2H3,(H2,6,7,8,9). The van der Waals surface area contributed by atoms with E-state index in [2.05, 4.69) is 25.2 Å². The first-order valence-corrected chi connectivity index (χ1v) is 13.6. The number of non-ortho nitro benzene ring substituents is 1. The van der Waals surface area contributed by atoms with E-state index in [9.17, 15) is 46.3 Å². The predicted molar refractivity (Wildman–Crippen MR) is 142 cm³/mol. The second kappa shape index (κ2) is 11.2. The van der Waals surface area contributed by atoms with Gasteiger partial charge in [-0.05, 0) is 43.5 Å². The van der Waals surface area contributed by atoms with Crippen molar-refractivity contribution in [1.82, 2.24) is 15.0 Å². The molecule has 0 unspecified atom stereocenters. The number of nitro benzene ring substituents is 1. The van der Waals surface area contributed by atoms with Crippen LogP contribution >= 0.6 is 0 Å². The van der Waals surface area contributed by atoms with Gasteiger partial charge in [0, 0.05) is 23.2 Å². The highest BCUT2D eigenvalue weighted by Gasteiger charge is 2.25. The third-order valence-electron chi connectivity index (χ3n) is 5.03. The first-order valence-electron chi connectivity index (χ1n) is 10.8. The van der Waals surface area contributed by atoms with Gasteiger partial charge in [-0.3, -0.25) is 19.2 Å². The van der Waals surface area contributed by atoms with Crippen LogP contribution in [0.4, 0.5) is 28.7 Å². The van der Waals surface area contributed by atoms with Gasteiger partial charge in [0.1, 0.15) is 33.7 Å². The lowest BCUT2D eigenvalue weighted by Gasteiger charge is -2.12. The summed E-state index contributed by atoms with van der Waals surface area (Å²) >= 11 is 0. The number of hydrogen-bond acceptors (Lipinski definition) is 15. The number of phenols is 2. The van der Waals surface area contributed by atoms with Crippen LogP contribution in [0.25, 0.3) is 10.8 Å². The lowest BCUT2D eigenvalue weighted by Crippen LogP contribution is -2.02. The van der Waals surface area contributed by atoms with Crippen molar-refractivity contribution in [3.63, 3.8) is 0 Å². The summed E-state index contributed by atoms with van der Waals surface area (Å²) in [5, 5.41) is 37.7. The number of nitrogens with two attached hydrogens (primary N) is 2. The van der Waals surface area contributed by atoms with Crippen LogP contribution in [0.3, 0.4) is 0 Å². The molecule has 0 saturated carbocycles. The molecular weight excluding hydrogens is 588 g/mol. The first-order chi connectivity index (χ1) is 18.9. The zero-order chi connectivity index (χ0) is 30.9. The number of rotatable bonds is 5. The summed E-state index contributed by atoms with van der Waals surface area (Å²) in [6, 6.07) is 5.03. The number of nitro groups is 1. The normalized spacial score (nSPS) is 11.8. The van der Waals surface area contributed by atoms with Crippen LogP contribution in [0.15, 0.2) is 56.4 Å². The molecular formula is C21H20N8O10S2. The minimum Gasteiger partial charge on any atom is -0.506 e. The molecule has 18 nitrogen and oxygen atoms in total. The van der Waals surface area contributed by atoms with Crippen molar-refractivity contribution in [2.24, 2.45) is 10.2 Å². The molecule has 0 radical (unpaired) electrons. The summed E-state index contributed by atoms with van der Waals surface area (Å²) in [6.07, 6.45) is 0. The molecule has 0 aliphatic rings. The molecule has 1 heterocycles. The third-order valence-corrected chi connectivity index (χ3v) is 6.73. The number of aromatic hydroxyl groups is 2. The number of aryl methyl sites for hydroxylation is 2. The van der Waals surface area contributed by atoms with Crippen molar-refractivity contribution in [2.45, 2.75) is 23.6 Å². The van der Waals surface area contributed by atoms with Gasteiger partial charge < -0.3 is 21.7 Å². The molecule has 0 fully saturated rings. The van der Waals surface area contributed by atoms with Crippen molar-refractivity contribution >= 4 is 59.7 Å². The van der Waals surface area contributed by atoms with Crippen LogP contribution in [0, 0.1) is 24.0 Å². The Hall–Kier alpha value is -5.05. The van der Waals surface area contributed by atoms with E-state index in [1.807, 2.05) is 0 Å². The third kappa shape index (κ3) is 7.13. The lowest BCUT2D eigenvalue weighted by molar-refractivity contribution is -0.384. The van der Waals surface area contributed by atoms with E-state index < -0.39 is 69.2 Å². The number of nitrogens with zero attached hydrogens (tertiary/aromatic N) is 6. The zero-order valence-corrected chi connectivity index (χ0v) is 22.5. The first kappa shape index (κ1) is 30.5. The van der Waals surface area contributed by atoms with E-state index in [0.29, 0.717) is 17.6 Å². The fourth-order valence-electron chi connectivity index (χ4n) is 3.38. The van der Waals surface area contributed by atoms with Crippen LogP contribution in [0.5, 0.6) is 11.5 Å². The summed E-state index contributed by atoms with van der Waals surface area (Å²) in [5.74, 6) is 0.119. The second-order valence-corrected chi connectivity index (χ2v) is 10.9. The summed E-state index contributed by atoms with van der Waals surface area (Å²) in [7, 11) is -9.83. The average molecular weight is 609 g/mol. The highest BCUT2D eigenvalue weighted by Crippen LogP contribution is 2.45. The fourth-order valence-corrected chi connectivity index (χ4v) is 4.59. The summed E-state index contributed by atoms with van der Waals surface area (Å²) in [4.78, 5) is 19.9. The molecule has 0 spiro atoms. The van der Waals surface area contributed by atoms with Gasteiger partial charge in [0.05, 0.1) is 9.82 Å². The van der Waals surface area contributed by atoms with Gasteiger partial charge in [0.15, 0.2) is 5.75 Å². The SMILES string of the molecule is Cc1nc(C)nc(N)n1.Nc1cc(S(=O)(=O)O)cc2cc(S(=O)(=O)O)c(N=Nc3cc([N+](=O)[O-])ccc3O)c(O)c12. The number of aromatic nitrogens is 3. The van der Waals surface area contributed by atoms with E-state index in [0.717, 1.165) is 36.4 Å². The maximum absolute atomic E-state index is 11.8. The fraction of sp³-hybridized carbons (Fsp3) is 0.0952. The van der Waals surface area contributed by atoms with Crippen LogP contribution in [0.1, 0.15) is 11.6 Å². The van der Waals surface area contributed by atoms with Gasteiger partial charge in [-0.25, -0.2) is 4.98 Å². The van der Waals surface area contributed by atoms with Gasteiger partial charge in [-0.1, -0.05) is 0 Å². The number of hydrogen-bond donors (Lipinski definition) is 6. The maximum atomic E-state index is 11.8. The van der Waals surface area contributed by atoms with E-state index in [1.165, 1.54) is 0 Å². The highest BCUT2D eigenvalue weighted by atomic mass is 32.2. The van der Waals surface area contributed by atoms with Gasteiger partial charge >= 0.3 is 0 Å². The van der Waals surface area contributed by atoms with Crippen LogP contribution in [-0.2, 0) is 20.2 Å². The Bertz CT molecular complexity index is 1900. The molecule has 216 valence electrons. The molecule has 0 atom stereocenters. The number of phenolic OH excluding ortho intramolecular Hbond substituents is 2. The van der Waals surface area contributed by atoms with Crippen molar-refractivity contribution in [2.75, 3.05) is 11.5 Å². The minimum atomic E-state index is -5.08. The Morgan fingerprint density at radius 3 is 2.00 bits per heavy atom. The van der Waals surface area contributed by atoms with E-state index in [1.54, 1.807) is 13.8 Å². The molecule has 0 amide bonds. The molecule has 4 aromatic rings. The van der Waals surface area contributed by atoms with Gasteiger partial charge in [0.25, 0.3) is 25.9 Å². The smallest absolute Gasteiger partial charge is 0.296 e. The average Bonchev–Trinajstić information content (AvgIpc) is 2.82. The Kier molecular flexibility index (Phi) is 8.34. The topological polar surface area (TPSA) is 308 Å². The number of anilines is 2. The molecule has 1 aromatic heterocycles. The van der Waals surface area contributed by atoms with Gasteiger partial charge in [0.2, 0.25) is 5.95 Å². The van der Waals surface area contributed by atoms with E-state index in [-0.39, 0.29) is 10.8 Å². The number of fused-ring (bicyclic) bond motifs is 1. The number of nitrogen functional groups attached to an aromatic ring is 2. The second-order valence-electron chi connectivity index (χ2n) is 8.05. The Labute approximate surface area is 230 Å². The van der Waals surface area contributed by atoms with Crippen LogP contribution in [0.2, 0.25) is 0 Å². The predicted octanol–water partition coefficient (Wildman–Crippen LogP) is 2.72. The molecule has 4 rings (SSSR count). The molecule has 8 N–H and O–H groups in total. The van der Waals surface area contributed by atoms with Crippen LogP contribution in [-0.4, -0.2) is 56.0 Å². The molecule has 0 aliphatic heterocycles. The number of azo groups is 1. The monoisotopic (exact) mass is 608 g/mol. The Morgan fingerprint density at radius 2 is 1.49 bits per heavy atom. The largest absolute Gasteiger partial charge is 0.506 e. The number of benzene rings is 3. The highest BCUT2D eigenvalue weighted by molar-refractivity contribution is 7.86. The van der Waals surface area contributed by atoms with E-state index in [4.69, 9.17) is 11.5 Å². The molecule has 0 bridgehead atoms. The summed E-state index contributed by atoms with van der Waals surface area (Å²) in [6.45, 7) is 3.57. The summed E-state index contributed by atoms with van der Waals surface area (Å²) in [5.41, 5.74) is 8.84. The van der Waals surface area contributed by atoms with Gasteiger partial charge in [-0.15, -0.1) is 10.2 Å². The Balaban J connectivity index is 0.000000436. The van der Waals surface area contributed by atoms with Crippen molar-refractivity contribution in [3.8, 4) is 11.5 Å². The van der Waals surface area contributed by atoms with Gasteiger partial charge in [-0.2, -0.15) is 26.8 Å². The maximum Gasteiger partial charge on any atom is 0.296 e.